The maximum Gasteiger partial charge on any atom is 0.273 e. The quantitative estimate of drug-likeness (QED) is 0.487. The number of aromatic hydroxyl groups is 1. The highest BCUT2D eigenvalue weighted by Crippen LogP contribution is 2.31. The largest absolute Gasteiger partial charge is 0.506 e. The molecule has 1 fully saturated rings. The van der Waals surface area contributed by atoms with E-state index >= 15 is 0 Å². The summed E-state index contributed by atoms with van der Waals surface area (Å²) in [6.07, 6.45) is 3.75. The number of nitro groups is 1. The van der Waals surface area contributed by atoms with Gasteiger partial charge in [-0.15, -0.1) is 0 Å². The molecule has 0 heterocycles. The molecular formula is C12H14N2O4. The van der Waals surface area contributed by atoms with Crippen molar-refractivity contribution in [3.63, 3.8) is 0 Å². The second-order valence-electron chi connectivity index (χ2n) is 4.51. The third-order valence-corrected chi connectivity index (χ3v) is 3.17. The summed E-state index contributed by atoms with van der Waals surface area (Å²) in [6.45, 7) is 0. The van der Waals surface area contributed by atoms with E-state index in [1.54, 1.807) is 0 Å². The minimum Gasteiger partial charge on any atom is -0.506 e. The molecule has 0 spiro atoms. The Morgan fingerprint density at radius 1 is 1.50 bits per heavy atom. The fourth-order valence-electron chi connectivity index (χ4n) is 1.90. The van der Waals surface area contributed by atoms with E-state index in [0.717, 1.165) is 18.9 Å². The third-order valence-electron chi connectivity index (χ3n) is 3.17. The SMILES string of the molecule is O=C(CC1CCC1)Nc1ccc([N+](=O)[O-])cc1O. The van der Waals surface area contributed by atoms with Crippen LogP contribution in [0.2, 0.25) is 0 Å². The third kappa shape index (κ3) is 2.77. The molecule has 1 aliphatic rings. The van der Waals surface area contributed by atoms with Gasteiger partial charge >= 0.3 is 0 Å². The molecule has 6 heteroatoms. The molecule has 0 atom stereocenters. The average Bonchev–Trinajstić information content (AvgIpc) is 2.26. The monoisotopic (exact) mass is 250 g/mol. The number of nitro benzene ring substituents is 1. The lowest BCUT2D eigenvalue weighted by Crippen LogP contribution is -2.20. The lowest BCUT2D eigenvalue weighted by molar-refractivity contribution is -0.384. The summed E-state index contributed by atoms with van der Waals surface area (Å²) in [7, 11) is 0. The van der Waals surface area contributed by atoms with Crippen molar-refractivity contribution in [3.05, 3.63) is 28.3 Å². The number of hydrogen-bond donors (Lipinski definition) is 2. The summed E-state index contributed by atoms with van der Waals surface area (Å²) in [5, 5.41) is 22.6. The molecule has 0 aromatic heterocycles. The van der Waals surface area contributed by atoms with Crippen molar-refractivity contribution < 1.29 is 14.8 Å². The number of non-ortho nitro benzene ring substituents is 1. The van der Waals surface area contributed by atoms with Crippen LogP contribution in [0, 0.1) is 16.0 Å². The van der Waals surface area contributed by atoms with Crippen molar-refractivity contribution in [2.24, 2.45) is 5.92 Å². The summed E-state index contributed by atoms with van der Waals surface area (Å²) in [5.41, 5.74) is 0.00872. The number of benzene rings is 1. The van der Waals surface area contributed by atoms with Crippen LogP contribution in [0.15, 0.2) is 18.2 Å². The number of anilines is 1. The Bertz CT molecular complexity index is 483. The second-order valence-corrected chi connectivity index (χ2v) is 4.51. The molecular weight excluding hydrogens is 236 g/mol. The molecule has 6 nitrogen and oxygen atoms in total. The van der Waals surface area contributed by atoms with Gasteiger partial charge in [-0.1, -0.05) is 6.42 Å². The highest BCUT2D eigenvalue weighted by molar-refractivity contribution is 5.92. The first-order valence-corrected chi connectivity index (χ1v) is 5.83. The molecule has 2 rings (SSSR count). The van der Waals surface area contributed by atoms with E-state index < -0.39 is 4.92 Å². The number of nitrogens with one attached hydrogen (secondary N) is 1. The van der Waals surface area contributed by atoms with Crippen LogP contribution in [0.1, 0.15) is 25.7 Å². The molecule has 18 heavy (non-hydrogen) atoms. The standard InChI is InChI=1S/C12H14N2O4/c15-11-7-9(14(17)18)4-5-10(11)13-12(16)6-8-2-1-3-8/h4-5,7-8,15H,1-3,6H2,(H,13,16). The summed E-state index contributed by atoms with van der Waals surface area (Å²) in [6, 6.07) is 3.61. The Hall–Kier alpha value is -2.11. The second kappa shape index (κ2) is 5.03. The van der Waals surface area contributed by atoms with E-state index in [0.29, 0.717) is 12.3 Å². The number of amides is 1. The molecule has 1 amide bonds. The van der Waals surface area contributed by atoms with E-state index in [1.807, 2.05) is 0 Å². The van der Waals surface area contributed by atoms with Crippen molar-refractivity contribution in [1.82, 2.24) is 0 Å². The Kier molecular flexibility index (Phi) is 3.45. The first kappa shape index (κ1) is 12.3. The van der Waals surface area contributed by atoms with Crippen LogP contribution < -0.4 is 5.32 Å². The number of phenols is 1. The smallest absolute Gasteiger partial charge is 0.273 e. The summed E-state index contributed by atoms with van der Waals surface area (Å²) in [4.78, 5) is 21.5. The van der Waals surface area contributed by atoms with Crippen molar-refractivity contribution in [3.8, 4) is 5.75 Å². The molecule has 1 aromatic carbocycles. The number of carbonyl (C=O) groups excluding carboxylic acids is 1. The van der Waals surface area contributed by atoms with Crippen LogP contribution in [0.4, 0.5) is 11.4 Å². The van der Waals surface area contributed by atoms with Gasteiger partial charge < -0.3 is 10.4 Å². The van der Waals surface area contributed by atoms with Crippen LogP contribution in [0.5, 0.6) is 5.75 Å². The minimum atomic E-state index is -0.598. The number of nitrogens with zero attached hydrogens (tertiary/aromatic N) is 1. The molecule has 0 radical (unpaired) electrons. The first-order valence-electron chi connectivity index (χ1n) is 5.83. The lowest BCUT2D eigenvalue weighted by atomic mass is 9.83. The van der Waals surface area contributed by atoms with E-state index in [4.69, 9.17) is 0 Å². The van der Waals surface area contributed by atoms with Crippen molar-refractivity contribution >= 4 is 17.3 Å². The molecule has 0 saturated heterocycles. The topological polar surface area (TPSA) is 92.5 Å². The number of phenolic OH excluding ortho intramolecular Hbond substituents is 1. The summed E-state index contributed by atoms with van der Waals surface area (Å²) >= 11 is 0. The van der Waals surface area contributed by atoms with Crippen LogP contribution in [-0.2, 0) is 4.79 Å². The van der Waals surface area contributed by atoms with E-state index in [1.165, 1.54) is 18.6 Å². The average molecular weight is 250 g/mol. The van der Waals surface area contributed by atoms with Gasteiger partial charge in [-0.25, -0.2) is 0 Å². The zero-order valence-corrected chi connectivity index (χ0v) is 9.76. The van der Waals surface area contributed by atoms with Crippen LogP contribution in [0.3, 0.4) is 0 Å². The van der Waals surface area contributed by atoms with Gasteiger partial charge in [0.05, 0.1) is 16.7 Å². The zero-order chi connectivity index (χ0) is 13.1. The van der Waals surface area contributed by atoms with Gasteiger partial charge in [-0.3, -0.25) is 14.9 Å². The Balaban J connectivity index is 2.00. The van der Waals surface area contributed by atoms with Gasteiger partial charge in [-0.05, 0) is 24.8 Å². The zero-order valence-electron chi connectivity index (χ0n) is 9.76. The minimum absolute atomic E-state index is 0.163. The summed E-state index contributed by atoms with van der Waals surface area (Å²) < 4.78 is 0. The molecule has 2 N–H and O–H groups in total. The van der Waals surface area contributed by atoms with Crippen LogP contribution in [0.25, 0.3) is 0 Å². The molecule has 0 bridgehead atoms. The fourth-order valence-corrected chi connectivity index (χ4v) is 1.90. The number of carbonyl (C=O) groups is 1. The molecule has 0 unspecified atom stereocenters. The number of rotatable bonds is 4. The van der Waals surface area contributed by atoms with Gasteiger partial charge in [0.1, 0.15) is 5.75 Å². The van der Waals surface area contributed by atoms with Gasteiger partial charge in [0.15, 0.2) is 0 Å². The maximum absolute atomic E-state index is 11.6. The van der Waals surface area contributed by atoms with Crippen molar-refractivity contribution in [2.45, 2.75) is 25.7 Å². The number of hydrogen-bond acceptors (Lipinski definition) is 4. The molecule has 96 valence electrons. The fraction of sp³-hybridized carbons (Fsp3) is 0.417. The molecule has 1 aromatic rings. The predicted molar refractivity (Wildman–Crippen MR) is 65.3 cm³/mol. The lowest BCUT2D eigenvalue weighted by Gasteiger charge is -2.24. The summed E-state index contributed by atoms with van der Waals surface area (Å²) in [5.74, 6) is -0.0137. The van der Waals surface area contributed by atoms with Gasteiger partial charge in [0.25, 0.3) is 5.69 Å². The predicted octanol–water partition coefficient (Wildman–Crippen LogP) is 2.43. The van der Waals surface area contributed by atoms with Gasteiger partial charge in [-0.2, -0.15) is 0 Å². The van der Waals surface area contributed by atoms with E-state index in [9.17, 15) is 20.0 Å². The Morgan fingerprint density at radius 3 is 2.72 bits per heavy atom. The molecule has 1 aliphatic carbocycles. The Morgan fingerprint density at radius 2 is 2.22 bits per heavy atom. The van der Waals surface area contributed by atoms with Gasteiger partial charge in [0, 0.05) is 12.5 Å². The first-order chi connectivity index (χ1) is 8.56. The van der Waals surface area contributed by atoms with Crippen LogP contribution >= 0.6 is 0 Å². The van der Waals surface area contributed by atoms with Crippen LogP contribution in [-0.4, -0.2) is 15.9 Å². The van der Waals surface area contributed by atoms with E-state index in [2.05, 4.69) is 5.32 Å². The molecule has 0 aliphatic heterocycles. The van der Waals surface area contributed by atoms with Crippen molar-refractivity contribution in [1.29, 1.82) is 0 Å². The highest BCUT2D eigenvalue weighted by atomic mass is 16.6. The Labute approximate surface area is 104 Å². The highest BCUT2D eigenvalue weighted by Gasteiger charge is 2.21. The van der Waals surface area contributed by atoms with Crippen molar-refractivity contribution in [2.75, 3.05) is 5.32 Å². The maximum atomic E-state index is 11.6. The normalized spacial score (nSPS) is 14.9. The molecule has 1 saturated carbocycles. The van der Waals surface area contributed by atoms with E-state index in [-0.39, 0.29) is 23.0 Å². The van der Waals surface area contributed by atoms with Gasteiger partial charge in [0.2, 0.25) is 5.91 Å².